The van der Waals surface area contributed by atoms with Gasteiger partial charge in [-0.25, -0.2) is 4.98 Å². The molecule has 0 unspecified atom stereocenters. The van der Waals surface area contributed by atoms with Gasteiger partial charge in [-0.2, -0.15) is 0 Å². The van der Waals surface area contributed by atoms with Crippen LogP contribution in [0.4, 0.5) is 11.5 Å². The number of ether oxygens (including phenoxy) is 2. The lowest BCUT2D eigenvalue weighted by Crippen LogP contribution is -2.60. The summed E-state index contributed by atoms with van der Waals surface area (Å²) in [5.74, 6) is 1.51. The van der Waals surface area contributed by atoms with Gasteiger partial charge in [0.2, 0.25) is 5.91 Å². The lowest BCUT2D eigenvalue weighted by Gasteiger charge is -2.53. The third kappa shape index (κ3) is 7.28. The molecular weight excluding hydrogens is 534 g/mol. The van der Waals surface area contributed by atoms with Crippen molar-refractivity contribution in [1.82, 2.24) is 15.0 Å². The number of piperidine rings is 1. The van der Waals surface area contributed by atoms with E-state index in [-0.39, 0.29) is 46.5 Å². The summed E-state index contributed by atoms with van der Waals surface area (Å²) in [6.45, 7) is 14.9. The van der Waals surface area contributed by atoms with Gasteiger partial charge in [-0.15, -0.1) is 0 Å². The van der Waals surface area contributed by atoms with Crippen molar-refractivity contribution in [3.63, 3.8) is 0 Å². The molecule has 2 N–H and O–H groups in total. The molecule has 3 aromatic rings. The third-order valence-corrected chi connectivity index (χ3v) is 7.95. The zero-order valence-electron chi connectivity index (χ0n) is 26.1. The maximum absolute atomic E-state index is 12.9. The highest BCUT2D eigenvalue weighted by Gasteiger charge is 2.44. The molecule has 0 aliphatic carbocycles. The van der Waals surface area contributed by atoms with Crippen molar-refractivity contribution < 1.29 is 23.6 Å². The van der Waals surface area contributed by atoms with E-state index in [1.54, 1.807) is 42.6 Å². The zero-order valence-corrected chi connectivity index (χ0v) is 26.1. The number of carbonyl (C=O) groups excluding carboxylic acids is 2. The van der Waals surface area contributed by atoms with Gasteiger partial charge in [-0.1, -0.05) is 32.0 Å². The van der Waals surface area contributed by atoms with Gasteiger partial charge in [0.05, 0.1) is 19.7 Å². The van der Waals surface area contributed by atoms with Crippen molar-refractivity contribution in [1.29, 1.82) is 0 Å². The molecule has 10 nitrogen and oxygen atoms in total. The van der Waals surface area contributed by atoms with Crippen molar-refractivity contribution in [3.05, 3.63) is 59.6 Å². The first kappa shape index (κ1) is 31.0. The fourth-order valence-electron chi connectivity index (χ4n) is 5.35. The van der Waals surface area contributed by atoms with Crippen molar-refractivity contribution in [3.8, 4) is 11.5 Å². The number of benzene rings is 1. The summed E-state index contributed by atoms with van der Waals surface area (Å²) in [5, 5.41) is 9.53. The third-order valence-electron chi connectivity index (χ3n) is 7.95. The van der Waals surface area contributed by atoms with Crippen molar-refractivity contribution in [2.24, 2.45) is 0 Å². The van der Waals surface area contributed by atoms with Crippen LogP contribution >= 0.6 is 0 Å². The number of hydrogen-bond donors (Lipinski definition) is 2. The van der Waals surface area contributed by atoms with Crippen molar-refractivity contribution >= 4 is 23.3 Å². The molecule has 0 atom stereocenters. The monoisotopic (exact) mass is 577 g/mol. The molecule has 1 aromatic carbocycles. The molecule has 0 radical (unpaired) electrons. The Labute approximate surface area is 248 Å². The predicted molar refractivity (Wildman–Crippen MR) is 162 cm³/mol. The number of methoxy groups -OCH3 is 1. The minimum Gasteiger partial charge on any atom is -0.496 e. The molecule has 3 heterocycles. The lowest BCUT2D eigenvalue weighted by molar-refractivity contribution is -0.115. The van der Waals surface area contributed by atoms with E-state index in [1.807, 2.05) is 20.8 Å². The van der Waals surface area contributed by atoms with E-state index in [2.05, 4.69) is 60.4 Å². The number of nitrogens with zero attached hydrogens (tertiary/aromatic N) is 3. The van der Waals surface area contributed by atoms with Crippen LogP contribution in [0, 0.1) is 0 Å². The minimum absolute atomic E-state index is 0.00721. The van der Waals surface area contributed by atoms with Gasteiger partial charge in [0, 0.05) is 52.7 Å². The second kappa shape index (κ2) is 11.8. The molecule has 0 saturated carbocycles. The molecule has 1 saturated heterocycles. The van der Waals surface area contributed by atoms with E-state index in [9.17, 15) is 9.59 Å². The molecule has 2 amide bonds. The standard InChI is InChI=1S/C32H43N5O5/c1-30(2,3)26-16-27(36-42-26)35-28(38)14-20-10-11-21(15-25(20)40-9)34-29(39)24-13-12-22(19-33-24)41-23-17-31(4,5)37(8)32(6,7)18-23/h10-13,15-16,19,23H,14,17-18H2,1-9H3,(H,34,39)(H,35,36,38). The molecule has 226 valence electrons. The molecule has 0 spiro atoms. The Morgan fingerprint density at radius 1 is 1.05 bits per heavy atom. The summed E-state index contributed by atoms with van der Waals surface area (Å²) in [6, 6.07) is 10.3. The number of hydrogen-bond acceptors (Lipinski definition) is 8. The number of aromatic nitrogens is 2. The Bertz CT molecular complexity index is 1400. The summed E-state index contributed by atoms with van der Waals surface area (Å²) in [6.07, 6.45) is 3.50. The molecule has 1 aliphatic rings. The van der Waals surface area contributed by atoms with E-state index < -0.39 is 0 Å². The number of rotatable bonds is 8. The zero-order chi connectivity index (χ0) is 30.9. The Morgan fingerprint density at radius 2 is 1.74 bits per heavy atom. The molecule has 1 fully saturated rings. The van der Waals surface area contributed by atoms with E-state index >= 15 is 0 Å². The highest BCUT2D eigenvalue weighted by molar-refractivity contribution is 6.03. The van der Waals surface area contributed by atoms with Crippen LogP contribution in [0.1, 0.15) is 83.1 Å². The highest BCUT2D eigenvalue weighted by atomic mass is 16.5. The number of nitrogens with one attached hydrogen (secondary N) is 2. The fourth-order valence-corrected chi connectivity index (χ4v) is 5.35. The fraction of sp³-hybridized carbons (Fsp3) is 0.500. The van der Waals surface area contributed by atoms with Gasteiger partial charge in [0.15, 0.2) is 5.82 Å². The summed E-state index contributed by atoms with van der Waals surface area (Å²) in [5.41, 5.74) is 1.24. The van der Waals surface area contributed by atoms with Gasteiger partial charge in [0.1, 0.15) is 29.1 Å². The molecular formula is C32H43N5O5. The van der Waals surface area contributed by atoms with Crippen LogP contribution < -0.4 is 20.1 Å². The second-order valence-electron chi connectivity index (χ2n) is 13.2. The Balaban J connectivity index is 1.35. The molecule has 10 heteroatoms. The van der Waals surface area contributed by atoms with Crippen LogP contribution in [0.2, 0.25) is 0 Å². The van der Waals surface area contributed by atoms with Gasteiger partial charge in [-0.3, -0.25) is 14.5 Å². The Hall–Kier alpha value is -3.92. The van der Waals surface area contributed by atoms with Crippen molar-refractivity contribution in [2.45, 2.75) is 90.3 Å². The van der Waals surface area contributed by atoms with Gasteiger partial charge in [0.25, 0.3) is 5.91 Å². The van der Waals surface area contributed by atoms with Gasteiger partial charge < -0.3 is 24.6 Å². The second-order valence-corrected chi connectivity index (χ2v) is 13.2. The largest absolute Gasteiger partial charge is 0.496 e. The number of amides is 2. The SMILES string of the molecule is COc1cc(NC(=O)c2ccc(OC3CC(C)(C)N(C)C(C)(C)C3)cn2)ccc1CC(=O)Nc1cc(C(C)(C)C)on1. The molecule has 1 aliphatic heterocycles. The van der Waals surface area contributed by atoms with Crippen LogP contribution in [0.25, 0.3) is 0 Å². The van der Waals surface area contributed by atoms with Crippen LogP contribution in [0.3, 0.4) is 0 Å². The molecule has 42 heavy (non-hydrogen) atoms. The first-order valence-electron chi connectivity index (χ1n) is 14.2. The van der Waals surface area contributed by atoms with Gasteiger partial charge in [-0.05, 0) is 52.9 Å². The topological polar surface area (TPSA) is 119 Å². The predicted octanol–water partition coefficient (Wildman–Crippen LogP) is 5.84. The summed E-state index contributed by atoms with van der Waals surface area (Å²) in [7, 11) is 3.68. The van der Waals surface area contributed by atoms with Crippen LogP contribution in [-0.4, -0.2) is 58.2 Å². The average molecular weight is 578 g/mol. The molecule has 4 rings (SSSR count). The van der Waals surface area contributed by atoms with E-state index in [0.717, 1.165) is 12.8 Å². The number of anilines is 2. The van der Waals surface area contributed by atoms with Gasteiger partial charge >= 0.3 is 0 Å². The lowest BCUT2D eigenvalue weighted by atomic mass is 9.79. The summed E-state index contributed by atoms with van der Waals surface area (Å²) >= 11 is 0. The summed E-state index contributed by atoms with van der Waals surface area (Å²) in [4.78, 5) is 32.3. The number of pyridine rings is 1. The Morgan fingerprint density at radius 3 is 2.31 bits per heavy atom. The Kier molecular flexibility index (Phi) is 8.68. The van der Waals surface area contributed by atoms with Crippen LogP contribution in [0.15, 0.2) is 47.1 Å². The van der Waals surface area contributed by atoms with Crippen LogP contribution in [-0.2, 0) is 16.6 Å². The minimum atomic E-state index is -0.365. The van der Waals surface area contributed by atoms with E-state index in [1.165, 1.54) is 7.11 Å². The number of carbonyl (C=O) groups is 2. The quantitative estimate of drug-likeness (QED) is 0.343. The van der Waals surface area contributed by atoms with Crippen molar-refractivity contribution in [2.75, 3.05) is 24.8 Å². The van der Waals surface area contributed by atoms with Crippen LogP contribution in [0.5, 0.6) is 11.5 Å². The molecule has 2 aromatic heterocycles. The first-order chi connectivity index (χ1) is 19.6. The maximum Gasteiger partial charge on any atom is 0.274 e. The van der Waals surface area contributed by atoms with E-state index in [0.29, 0.717) is 34.3 Å². The average Bonchev–Trinajstić information content (AvgIpc) is 3.37. The maximum atomic E-state index is 12.9. The van der Waals surface area contributed by atoms with E-state index in [4.69, 9.17) is 14.0 Å². The highest BCUT2D eigenvalue weighted by Crippen LogP contribution is 2.38. The normalized spacial score (nSPS) is 17.0. The first-order valence-corrected chi connectivity index (χ1v) is 14.2. The summed E-state index contributed by atoms with van der Waals surface area (Å²) < 4.78 is 17.1. The smallest absolute Gasteiger partial charge is 0.274 e. The number of likely N-dealkylation sites (tertiary alicyclic amines) is 1. The molecule has 0 bridgehead atoms.